The summed E-state index contributed by atoms with van der Waals surface area (Å²) in [6.45, 7) is 1.89. The van der Waals surface area contributed by atoms with Crippen LogP contribution in [0.4, 0.5) is 5.69 Å². The molecule has 3 aromatic rings. The monoisotopic (exact) mass is 379 g/mol. The normalized spacial score (nSPS) is 10.7. The van der Waals surface area contributed by atoms with Gasteiger partial charge in [-0.25, -0.2) is 0 Å². The van der Waals surface area contributed by atoms with Crippen LogP contribution in [0.3, 0.4) is 0 Å². The predicted molar refractivity (Wildman–Crippen MR) is 98.3 cm³/mol. The molecule has 0 aliphatic rings. The van der Waals surface area contributed by atoms with E-state index in [0.29, 0.717) is 32.1 Å². The maximum atomic E-state index is 12.3. The van der Waals surface area contributed by atoms with Crippen LogP contribution in [0.5, 0.6) is 0 Å². The van der Waals surface area contributed by atoms with Crippen molar-refractivity contribution >= 4 is 46.4 Å². The van der Waals surface area contributed by atoms with Gasteiger partial charge in [-0.3, -0.25) is 4.79 Å². The molecule has 3 nitrogen and oxygen atoms in total. The number of aryl methyl sites for hydroxylation is 1. The molecule has 0 saturated carbocycles. The first-order valence-electron chi connectivity index (χ1n) is 7.07. The molecule has 24 heavy (non-hydrogen) atoms. The van der Waals surface area contributed by atoms with E-state index in [2.05, 4.69) is 5.32 Å². The maximum Gasteiger partial charge on any atom is 0.291 e. The summed E-state index contributed by atoms with van der Waals surface area (Å²) in [6.07, 6.45) is 0. The van der Waals surface area contributed by atoms with Crippen LogP contribution in [0.25, 0.3) is 11.3 Å². The third-order valence-corrected chi connectivity index (χ3v) is 4.43. The van der Waals surface area contributed by atoms with Crippen LogP contribution in [0, 0.1) is 6.92 Å². The molecule has 2 aromatic carbocycles. The standard InChI is InChI=1S/C18H12Cl3NO2/c1-10-2-4-12(9-15(10)21)22-18(23)17-7-6-16(24-17)13-8-11(19)3-5-14(13)20/h2-9H,1H3,(H,22,23). The molecule has 3 rings (SSSR count). The number of furan rings is 1. The highest BCUT2D eigenvalue weighted by Crippen LogP contribution is 2.32. The summed E-state index contributed by atoms with van der Waals surface area (Å²) >= 11 is 18.2. The van der Waals surface area contributed by atoms with E-state index in [4.69, 9.17) is 39.2 Å². The maximum absolute atomic E-state index is 12.3. The number of benzene rings is 2. The number of carbonyl (C=O) groups is 1. The molecule has 0 atom stereocenters. The van der Waals surface area contributed by atoms with Crippen molar-refractivity contribution in [2.75, 3.05) is 5.32 Å². The SMILES string of the molecule is Cc1ccc(NC(=O)c2ccc(-c3cc(Cl)ccc3Cl)o2)cc1Cl. The molecule has 0 aliphatic carbocycles. The molecule has 0 aliphatic heterocycles. The summed E-state index contributed by atoms with van der Waals surface area (Å²) in [4.78, 5) is 12.3. The summed E-state index contributed by atoms with van der Waals surface area (Å²) in [5.41, 5.74) is 2.15. The van der Waals surface area contributed by atoms with Crippen molar-refractivity contribution in [2.45, 2.75) is 6.92 Å². The molecular formula is C18H12Cl3NO2. The zero-order chi connectivity index (χ0) is 17.3. The molecule has 122 valence electrons. The van der Waals surface area contributed by atoms with E-state index in [0.717, 1.165) is 5.56 Å². The second-order valence-corrected chi connectivity index (χ2v) is 6.46. The Kier molecular flexibility index (Phi) is 4.86. The number of halogens is 3. The number of anilines is 1. The van der Waals surface area contributed by atoms with Crippen LogP contribution in [0.15, 0.2) is 52.9 Å². The summed E-state index contributed by atoms with van der Waals surface area (Å²) in [5, 5.41) is 4.35. The zero-order valence-electron chi connectivity index (χ0n) is 12.6. The summed E-state index contributed by atoms with van der Waals surface area (Å²) in [5.74, 6) is 0.256. The van der Waals surface area contributed by atoms with Gasteiger partial charge in [0.1, 0.15) is 5.76 Å². The first-order valence-corrected chi connectivity index (χ1v) is 8.20. The second-order valence-electron chi connectivity index (χ2n) is 5.21. The molecule has 1 amide bonds. The van der Waals surface area contributed by atoms with Crippen molar-refractivity contribution in [3.8, 4) is 11.3 Å². The van der Waals surface area contributed by atoms with Gasteiger partial charge in [0, 0.05) is 21.3 Å². The van der Waals surface area contributed by atoms with Gasteiger partial charge in [-0.1, -0.05) is 40.9 Å². The number of amides is 1. The highest BCUT2D eigenvalue weighted by atomic mass is 35.5. The van der Waals surface area contributed by atoms with Crippen LogP contribution in [-0.4, -0.2) is 5.91 Å². The average Bonchev–Trinajstić information content (AvgIpc) is 3.03. The Balaban J connectivity index is 1.83. The molecule has 6 heteroatoms. The Bertz CT molecular complexity index is 918. The molecule has 0 unspecified atom stereocenters. The minimum atomic E-state index is -0.376. The Morgan fingerprint density at radius 2 is 1.75 bits per heavy atom. The fourth-order valence-corrected chi connectivity index (χ4v) is 2.72. The second kappa shape index (κ2) is 6.89. The molecule has 1 heterocycles. The highest BCUT2D eigenvalue weighted by Gasteiger charge is 2.15. The predicted octanol–water partition coefficient (Wildman–Crippen LogP) is 6.47. The molecular weight excluding hydrogens is 369 g/mol. The van der Waals surface area contributed by atoms with E-state index in [1.165, 1.54) is 0 Å². The van der Waals surface area contributed by atoms with Gasteiger partial charge in [-0.2, -0.15) is 0 Å². The van der Waals surface area contributed by atoms with E-state index < -0.39 is 0 Å². The van der Waals surface area contributed by atoms with Crippen LogP contribution in [-0.2, 0) is 0 Å². The van der Waals surface area contributed by atoms with E-state index in [9.17, 15) is 4.79 Å². The topological polar surface area (TPSA) is 42.2 Å². The zero-order valence-corrected chi connectivity index (χ0v) is 14.8. The van der Waals surface area contributed by atoms with Crippen molar-refractivity contribution in [2.24, 2.45) is 0 Å². The van der Waals surface area contributed by atoms with Crippen molar-refractivity contribution in [3.05, 3.63) is 74.9 Å². The molecule has 0 radical (unpaired) electrons. The first kappa shape index (κ1) is 16.9. The summed E-state index contributed by atoms with van der Waals surface area (Å²) in [6, 6.07) is 13.6. The van der Waals surface area contributed by atoms with E-state index >= 15 is 0 Å². The van der Waals surface area contributed by atoms with E-state index in [1.807, 2.05) is 13.0 Å². The molecule has 1 aromatic heterocycles. The highest BCUT2D eigenvalue weighted by molar-refractivity contribution is 6.35. The molecule has 0 fully saturated rings. The van der Waals surface area contributed by atoms with E-state index in [-0.39, 0.29) is 11.7 Å². The largest absolute Gasteiger partial charge is 0.451 e. The molecule has 1 N–H and O–H groups in total. The van der Waals surface area contributed by atoms with Gasteiger partial charge < -0.3 is 9.73 Å². The van der Waals surface area contributed by atoms with E-state index in [1.54, 1.807) is 42.5 Å². The Morgan fingerprint density at radius 3 is 2.50 bits per heavy atom. The lowest BCUT2D eigenvalue weighted by atomic mass is 10.2. The lowest BCUT2D eigenvalue weighted by Gasteiger charge is -2.05. The number of hydrogen-bond donors (Lipinski definition) is 1. The van der Waals surface area contributed by atoms with Gasteiger partial charge in [0.2, 0.25) is 0 Å². The van der Waals surface area contributed by atoms with Crippen LogP contribution in [0.2, 0.25) is 15.1 Å². The Morgan fingerprint density at radius 1 is 0.958 bits per heavy atom. The third kappa shape index (κ3) is 3.59. The van der Waals surface area contributed by atoms with Crippen molar-refractivity contribution in [1.82, 2.24) is 0 Å². The van der Waals surface area contributed by atoms with Crippen LogP contribution < -0.4 is 5.32 Å². The number of hydrogen-bond acceptors (Lipinski definition) is 2. The quantitative estimate of drug-likeness (QED) is 0.566. The molecule has 0 saturated heterocycles. The minimum absolute atomic E-state index is 0.165. The van der Waals surface area contributed by atoms with Crippen molar-refractivity contribution in [3.63, 3.8) is 0 Å². The fraction of sp³-hybridized carbons (Fsp3) is 0.0556. The van der Waals surface area contributed by atoms with Crippen LogP contribution >= 0.6 is 34.8 Å². The summed E-state index contributed by atoms with van der Waals surface area (Å²) in [7, 11) is 0. The molecule has 0 spiro atoms. The van der Waals surface area contributed by atoms with Gasteiger partial charge >= 0.3 is 0 Å². The first-order chi connectivity index (χ1) is 11.4. The number of rotatable bonds is 3. The number of carbonyl (C=O) groups excluding carboxylic acids is 1. The smallest absolute Gasteiger partial charge is 0.291 e. The average molecular weight is 381 g/mol. The lowest BCUT2D eigenvalue weighted by molar-refractivity contribution is 0.0997. The van der Waals surface area contributed by atoms with Gasteiger partial charge in [-0.05, 0) is 55.0 Å². The fourth-order valence-electron chi connectivity index (χ4n) is 2.15. The Labute approximate surface area is 154 Å². The van der Waals surface area contributed by atoms with Gasteiger partial charge in [-0.15, -0.1) is 0 Å². The number of nitrogens with one attached hydrogen (secondary N) is 1. The van der Waals surface area contributed by atoms with Crippen molar-refractivity contribution in [1.29, 1.82) is 0 Å². The third-order valence-electron chi connectivity index (χ3n) is 3.45. The van der Waals surface area contributed by atoms with Gasteiger partial charge in [0.15, 0.2) is 5.76 Å². The Hall–Kier alpha value is -1.94. The minimum Gasteiger partial charge on any atom is -0.451 e. The van der Waals surface area contributed by atoms with Crippen LogP contribution in [0.1, 0.15) is 16.1 Å². The summed E-state index contributed by atoms with van der Waals surface area (Å²) < 4.78 is 5.61. The van der Waals surface area contributed by atoms with Gasteiger partial charge in [0.05, 0.1) is 5.02 Å². The van der Waals surface area contributed by atoms with Crippen molar-refractivity contribution < 1.29 is 9.21 Å². The lowest BCUT2D eigenvalue weighted by Crippen LogP contribution is -2.10. The molecule has 0 bridgehead atoms. The van der Waals surface area contributed by atoms with Gasteiger partial charge in [0.25, 0.3) is 5.91 Å².